The number of para-hydroxylation sites is 7. The lowest BCUT2D eigenvalue weighted by Crippen LogP contribution is -2.10. The molecule has 86 heavy (non-hydrogen) atoms. The highest BCUT2D eigenvalue weighted by atomic mass is 15.1. The number of aromatic nitrogens is 4. The summed E-state index contributed by atoms with van der Waals surface area (Å²) in [6, 6.07) is 117. The normalized spacial score (nSPS) is 11.5. The van der Waals surface area contributed by atoms with Crippen molar-refractivity contribution in [3.05, 3.63) is 328 Å². The molecule has 0 bridgehead atoms. The van der Waals surface area contributed by atoms with Gasteiger partial charge in [-0.2, -0.15) is 0 Å². The molecule has 404 valence electrons. The lowest BCUT2D eigenvalue weighted by Gasteiger charge is -2.26. The summed E-state index contributed by atoms with van der Waals surface area (Å²) in [6.07, 6.45) is 0. The third-order valence-electron chi connectivity index (χ3n) is 16.7. The molecule has 13 aromatic carbocycles. The molecular formula is C80H54N6. The zero-order valence-electron chi connectivity index (χ0n) is 46.9. The molecule has 0 aliphatic heterocycles. The molecule has 3 heterocycles. The van der Waals surface area contributed by atoms with Crippen LogP contribution in [0.4, 0.5) is 34.1 Å². The monoisotopic (exact) mass is 1100 g/mol. The molecule has 0 N–H and O–H groups in total. The minimum atomic E-state index is 0.795. The van der Waals surface area contributed by atoms with Crippen LogP contribution in [0.25, 0.3) is 111 Å². The molecule has 0 atom stereocenters. The molecule has 0 saturated heterocycles. The van der Waals surface area contributed by atoms with Gasteiger partial charge in [-0.1, -0.05) is 200 Å². The summed E-state index contributed by atoms with van der Waals surface area (Å²) in [4.78, 5) is 16.0. The van der Waals surface area contributed by atoms with Crippen LogP contribution in [0.15, 0.2) is 328 Å². The van der Waals surface area contributed by atoms with Gasteiger partial charge in [0.25, 0.3) is 0 Å². The van der Waals surface area contributed by atoms with Gasteiger partial charge in [0, 0.05) is 83.7 Å². The smallest absolute Gasteiger partial charge is 0.0973 e. The minimum Gasteiger partial charge on any atom is -0.311 e. The molecule has 16 rings (SSSR count). The van der Waals surface area contributed by atoms with Crippen molar-refractivity contribution >= 4 is 88.8 Å². The van der Waals surface area contributed by atoms with Crippen molar-refractivity contribution < 1.29 is 0 Å². The molecule has 6 nitrogen and oxygen atoms in total. The maximum Gasteiger partial charge on any atom is 0.0973 e. The van der Waals surface area contributed by atoms with Crippen LogP contribution in [0.2, 0.25) is 0 Å². The first-order valence-electron chi connectivity index (χ1n) is 29.2. The first-order valence-corrected chi connectivity index (χ1v) is 29.2. The Bertz CT molecular complexity index is 5030. The second kappa shape index (κ2) is 21.3. The summed E-state index contributed by atoms with van der Waals surface area (Å²) < 4.78 is 4.73. The van der Waals surface area contributed by atoms with E-state index in [0.717, 1.165) is 101 Å². The molecule has 6 heteroatoms. The Morgan fingerprint density at radius 1 is 0.221 bits per heavy atom. The molecule has 0 aliphatic carbocycles. The van der Waals surface area contributed by atoms with E-state index in [-0.39, 0.29) is 0 Å². The van der Waals surface area contributed by atoms with Crippen molar-refractivity contribution in [3.8, 4) is 56.1 Å². The van der Waals surface area contributed by atoms with Crippen LogP contribution < -0.4 is 9.80 Å². The fourth-order valence-electron chi connectivity index (χ4n) is 12.8. The topological polar surface area (TPSA) is 42.1 Å². The summed E-state index contributed by atoms with van der Waals surface area (Å²) in [6.45, 7) is 0. The van der Waals surface area contributed by atoms with Crippen molar-refractivity contribution in [2.45, 2.75) is 0 Å². The van der Waals surface area contributed by atoms with Crippen molar-refractivity contribution in [1.82, 2.24) is 19.1 Å². The Kier molecular flexibility index (Phi) is 12.4. The second-order valence-electron chi connectivity index (χ2n) is 21.7. The SMILES string of the molecule is c1ccc(-c2ccccc2-c2cccc3nc(-c4ccc(N(c5ccccc5)c5ccc(-n6c7ccccc7c7ccccc76)cc5)cc4)c(-c4ccc(N(c5ccccc5)c5ccc(-n6c7ccccc7c7ccccc76)cc5)cc4)nc23)cc1. The highest BCUT2D eigenvalue weighted by Crippen LogP contribution is 2.43. The molecule has 3 aromatic heterocycles. The second-order valence-corrected chi connectivity index (χ2v) is 21.7. The van der Waals surface area contributed by atoms with Gasteiger partial charge in [0.2, 0.25) is 0 Å². The van der Waals surface area contributed by atoms with Gasteiger partial charge in [-0.15, -0.1) is 0 Å². The molecule has 0 amide bonds. The van der Waals surface area contributed by atoms with E-state index in [4.69, 9.17) is 9.97 Å². The third-order valence-corrected chi connectivity index (χ3v) is 16.7. The predicted octanol–water partition coefficient (Wildman–Crippen LogP) is 21.4. The van der Waals surface area contributed by atoms with E-state index in [1.54, 1.807) is 0 Å². The van der Waals surface area contributed by atoms with Crippen LogP contribution in [-0.2, 0) is 0 Å². The van der Waals surface area contributed by atoms with Crippen LogP contribution in [-0.4, -0.2) is 19.1 Å². The van der Waals surface area contributed by atoms with Crippen molar-refractivity contribution in [2.24, 2.45) is 0 Å². The zero-order valence-corrected chi connectivity index (χ0v) is 46.9. The summed E-state index contributed by atoms with van der Waals surface area (Å²) in [5.74, 6) is 0. The number of anilines is 6. The Morgan fingerprint density at radius 2 is 0.547 bits per heavy atom. The van der Waals surface area contributed by atoms with Crippen LogP contribution in [0, 0.1) is 0 Å². The maximum atomic E-state index is 5.73. The summed E-state index contributed by atoms with van der Waals surface area (Å²) in [5.41, 5.74) is 22.8. The average Bonchev–Trinajstić information content (AvgIpc) is 2.02. The maximum absolute atomic E-state index is 5.73. The lowest BCUT2D eigenvalue weighted by atomic mass is 9.93. The number of hydrogen-bond acceptors (Lipinski definition) is 4. The van der Waals surface area contributed by atoms with Gasteiger partial charge in [-0.25, -0.2) is 9.97 Å². The van der Waals surface area contributed by atoms with Gasteiger partial charge in [0.05, 0.1) is 44.5 Å². The fraction of sp³-hybridized carbons (Fsp3) is 0. The van der Waals surface area contributed by atoms with Gasteiger partial charge < -0.3 is 18.9 Å². The lowest BCUT2D eigenvalue weighted by molar-refractivity contribution is 1.17. The Labute approximate surface area is 498 Å². The van der Waals surface area contributed by atoms with E-state index < -0.39 is 0 Å². The molecule has 0 unspecified atom stereocenters. The molecule has 0 fully saturated rings. The van der Waals surface area contributed by atoms with Gasteiger partial charge in [0.15, 0.2) is 0 Å². The number of rotatable bonds is 12. The van der Waals surface area contributed by atoms with E-state index in [1.165, 1.54) is 43.6 Å². The highest BCUT2D eigenvalue weighted by Gasteiger charge is 2.22. The van der Waals surface area contributed by atoms with Gasteiger partial charge in [0.1, 0.15) is 0 Å². The van der Waals surface area contributed by atoms with Crippen LogP contribution in [0.1, 0.15) is 0 Å². The summed E-state index contributed by atoms with van der Waals surface area (Å²) in [7, 11) is 0. The van der Waals surface area contributed by atoms with Crippen molar-refractivity contribution in [2.75, 3.05) is 9.80 Å². The van der Waals surface area contributed by atoms with E-state index in [1.807, 2.05) is 0 Å². The zero-order chi connectivity index (χ0) is 56.9. The van der Waals surface area contributed by atoms with Crippen LogP contribution in [0.5, 0.6) is 0 Å². The standard InChI is InChI=1S/C80H54N6/c1-4-21-55(22-5-1)66-27-10-11-28-67(66)72-33-20-34-73-80(72)82-79(57-41-45-61(46-42-57)84(59-25-8-3-9-26-59)63-49-53-65(54-50-63)86-76-37-18-14-31-70(76)71-32-15-19-38-77(71)86)78(81-73)56-39-43-60(44-40-56)83(58-23-6-2-7-24-58)62-47-51-64(52-48-62)85-74-35-16-12-29-68(74)69-30-13-17-36-75(69)85/h1-54H. The predicted molar refractivity (Wildman–Crippen MR) is 359 cm³/mol. The molecule has 0 radical (unpaired) electrons. The quantitative estimate of drug-likeness (QED) is 0.122. The van der Waals surface area contributed by atoms with Gasteiger partial charge in [-0.05, 0) is 144 Å². The van der Waals surface area contributed by atoms with E-state index in [9.17, 15) is 0 Å². The summed E-state index contributed by atoms with van der Waals surface area (Å²) >= 11 is 0. The highest BCUT2D eigenvalue weighted by molar-refractivity contribution is 6.10. The number of hydrogen-bond donors (Lipinski definition) is 0. The van der Waals surface area contributed by atoms with Gasteiger partial charge in [-0.3, -0.25) is 0 Å². The minimum absolute atomic E-state index is 0.795. The van der Waals surface area contributed by atoms with Crippen molar-refractivity contribution in [3.63, 3.8) is 0 Å². The average molecular weight is 1100 g/mol. The Morgan fingerprint density at radius 3 is 0.977 bits per heavy atom. The van der Waals surface area contributed by atoms with Crippen LogP contribution >= 0.6 is 0 Å². The Hall–Kier alpha value is -11.6. The molecule has 0 aliphatic rings. The Balaban J connectivity index is 0.804. The molecular weight excluding hydrogens is 1040 g/mol. The van der Waals surface area contributed by atoms with E-state index in [0.29, 0.717) is 0 Å². The molecule has 0 spiro atoms. The first-order chi connectivity index (χ1) is 42.7. The third kappa shape index (κ3) is 8.75. The fourth-order valence-corrected chi connectivity index (χ4v) is 12.8. The molecule has 0 saturated carbocycles. The van der Waals surface area contributed by atoms with Crippen molar-refractivity contribution in [1.29, 1.82) is 0 Å². The first kappa shape index (κ1) is 50.2. The largest absolute Gasteiger partial charge is 0.311 e. The van der Waals surface area contributed by atoms with E-state index >= 15 is 0 Å². The van der Waals surface area contributed by atoms with Crippen LogP contribution in [0.3, 0.4) is 0 Å². The molecule has 16 aromatic rings. The van der Waals surface area contributed by atoms with E-state index in [2.05, 4.69) is 347 Å². The summed E-state index contributed by atoms with van der Waals surface area (Å²) in [5, 5.41) is 4.97. The number of fused-ring (bicyclic) bond motifs is 7. The van der Waals surface area contributed by atoms with Gasteiger partial charge >= 0.3 is 0 Å². The number of benzene rings is 13. The number of nitrogens with zero attached hydrogens (tertiary/aromatic N) is 6.